The van der Waals surface area contributed by atoms with Crippen molar-refractivity contribution in [3.05, 3.63) is 0 Å². The maximum absolute atomic E-state index is 10.7. The molecule has 0 heterocycles. The van der Waals surface area contributed by atoms with Gasteiger partial charge in [0.25, 0.3) is 0 Å². The second-order valence-electron chi connectivity index (χ2n) is 3.34. The zero-order valence-electron chi connectivity index (χ0n) is 7.87. The van der Waals surface area contributed by atoms with Gasteiger partial charge >= 0.3 is 0 Å². The number of unbranched alkanes of at least 4 members (excludes halogenated alkanes) is 1. The van der Waals surface area contributed by atoms with Gasteiger partial charge in [-0.15, -0.1) is 0 Å². The van der Waals surface area contributed by atoms with Crippen LogP contribution in [0.2, 0.25) is 0 Å². The molecule has 0 saturated heterocycles. The summed E-state index contributed by atoms with van der Waals surface area (Å²) in [6, 6.07) is 0. The van der Waals surface area contributed by atoms with Gasteiger partial charge in [0.2, 0.25) is 0 Å². The molecule has 0 fully saturated rings. The van der Waals surface area contributed by atoms with E-state index >= 15 is 0 Å². The van der Waals surface area contributed by atoms with E-state index in [4.69, 9.17) is 0 Å². The van der Waals surface area contributed by atoms with Gasteiger partial charge in [0.05, 0.1) is 0 Å². The molecular weight excluding hydrogens is 176 g/mol. The van der Waals surface area contributed by atoms with Gasteiger partial charge in [0.15, 0.2) is 0 Å². The standard InChI is InChI=1S/C8H18O3S/c1-4-5-6-8(9,7(2)3)12(10)11/h7,9H,4-6H2,1-3H3,(H,10,11)/p-1. The van der Waals surface area contributed by atoms with Crippen LogP contribution in [0, 0.1) is 5.92 Å². The lowest BCUT2D eigenvalue weighted by Gasteiger charge is -2.34. The predicted octanol–water partition coefficient (Wildman–Crippen LogP) is 1.40. The first kappa shape index (κ1) is 12.1. The van der Waals surface area contributed by atoms with E-state index in [9.17, 15) is 13.9 Å². The van der Waals surface area contributed by atoms with Gasteiger partial charge in [-0.05, 0) is 29.8 Å². The van der Waals surface area contributed by atoms with Crippen LogP contribution < -0.4 is 0 Å². The van der Waals surface area contributed by atoms with Gasteiger partial charge in [0.1, 0.15) is 4.93 Å². The van der Waals surface area contributed by atoms with Gasteiger partial charge in [0, 0.05) is 0 Å². The topological polar surface area (TPSA) is 60.4 Å². The monoisotopic (exact) mass is 193 g/mol. The summed E-state index contributed by atoms with van der Waals surface area (Å²) >= 11 is -2.39. The summed E-state index contributed by atoms with van der Waals surface area (Å²) in [5, 5.41) is 9.68. The first-order valence-corrected chi connectivity index (χ1v) is 5.34. The molecule has 1 N–H and O–H groups in total. The number of hydrogen-bond donors (Lipinski definition) is 1. The second kappa shape index (κ2) is 4.94. The number of hydrogen-bond acceptors (Lipinski definition) is 3. The van der Waals surface area contributed by atoms with E-state index in [1.807, 2.05) is 6.92 Å². The Morgan fingerprint density at radius 2 is 2.08 bits per heavy atom. The molecule has 0 aromatic heterocycles. The van der Waals surface area contributed by atoms with Crippen molar-refractivity contribution in [2.75, 3.05) is 0 Å². The molecule has 0 aromatic rings. The Morgan fingerprint density at radius 1 is 1.58 bits per heavy atom. The third-order valence-electron chi connectivity index (χ3n) is 2.08. The minimum Gasteiger partial charge on any atom is -0.770 e. The van der Waals surface area contributed by atoms with Gasteiger partial charge in [-0.25, -0.2) is 0 Å². The Morgan fingerprint density at radius 3 is 2.33 bits per heavy atom. The van der Waals surface area contributed by atoms with Gasteiger partial charge in [-0.2, -0.15) is 0 Å². The van der Waals surface area contributed by atoms with Crippen LogP contribution in [0.15, 0.2) is 0 Å². The Balaban J connectivity index is 4.29. The molecule has 4 heteroatoms. The van der Waals surface area contributed by atoms with Crippen molar-refractivity contribution in [1.29, 1.82) is 0 Å². The molecule has 0 spiro atoms. The van der Waals surface area contributed by atoms with Gasteiger partial charge in [-0.1, -0.05) is 27.2 Å². The van der Waals surface area contributed by atoms with E-state index in [1.165, 1.54) is 0 Å². The van der Waals surface area contributed by atoms with Crippen LogP contribution in [-0.2, 0) is 11.1 Å². The summed E-state index contributed by atoms with van der Waals surface area (Å²) < 4.78 is 21.4. The van der Waals surface area contributed by atoms with Crippen molar-refractivity contribution in [2.45, 2.75) is 45.0 Å². The molecule has 0 aromatic carbocycles. The second-order valence-corrected chi connectivity index (χ2v) is 4.51. The normalized spacial score (nSPS) is 19.2. The highest BCUT2D eigenvalue weighted by Crippen LogP contribution is 2.26. The van der Waals surface area contributed by atoms with E-state index < -0.39 is 16.0 Å². The molecule has 74 valence electrons. The summed E-state index contributed by atoms with van der Waals surface area (Å²) in [5.41, 5.74) is 0. The molecule has 0 amide bonds. The lowest BCUT2D eigenvalue weighted by Crippen LogP contribution is -2.39. The molecule has 2 atom stereocenters. The van der Waals surface area contributed by atoms with Crippen molar-refractivity contribution < 1.29 is 13.9 Å². The smallest absolute Gasteiger partial charge is 0.128 e. The van der Waals surface area contributed by atoms with Crippen LogP contribution in [-0.4, -0.2) is 18.8 Å². The third kappa shape index (κ3) is 2.84. The molecule has 2 unspecified atom stereocenters. The third-order valence-corrected chi connectivity index (χ3v) is 3.33. The van der Waals surface area contributed by atoms with Crippen molar-refractivity contribution in [3.63, 3.8) is 0 Å². The zero-order chi connectivity index (χ0) is 9.78. The van der Waals surface area contributed by atoms with E-state index in [-0.39, 0.29) is 5.92 Å². The van der Waals surface area contributed by atoms with Crippen LogP contribution in [0.4, 0.5) is 0 Å². The van der Waals surface area contributed by atoms with Crippen molar-refractivity contribution in [2.24, 2.45) is 5.92 Å². The first-order chi connectivity index (χ1) is 5.45. The lowest BCUT2D eigenvalue weighted by atomic mass is 10.0. The highest BCUT2D eigenvalue weighted by molar-refractivity contribution is 7.80. The maximum Gasteiger partial charge on any atom is 0.128 e. The summed E-state index contributed by atoms with van der Waals surface area (Å²) in [5.74, 6) is -0.248. The van der Waals surface area contributed by atoms with Gasteiger partial charge in [-0.3, -0.25) is 4.21 Å². The molecule has 0 radical (unpaired) electrons. The van der Waals surface area contributed by atoms with Crippen molar-refractivity contribution >= 4 is 11.1 Å². The quantitative estimate of drug-likeness (QED) is 0.671. The average molecular weight is 193 g/mol. The zero-order valence-corrected chi connectivity index (χ0v) is 8.69. The van der Waals surface area contributed by atoms with Crippen LogP contribution >= 0.6 is 0 Å². The predicted molar refractivity (Wildman–Crippen MR) is 48.2 cm³/mol. The summed E-state index contributed by atoms with van der Waals surface area (Å²) in [7, 11) is 0. The lowest BCUT2D eigenvalue weighted by molar-refractivity contribution is 0.0631. The largest absolute Gasteiger partial charge is 0.770 e. The Bertz CT molecular complexity index is 158. The molecule has 3 nitrogen and oxygen atoms in total. The summed E-state index contributed by atoms with van der Waals surface area (Å²) in [6.07, 6.45) is 1.96. The Hall–Kier alpha value is 0.0700. The van der Waals surface area contributed by atoms with Crippen LogP contribution in [0.5, 0.6) is 0 Å². The first-order valence-electron chi connectivity index (χ1n) is 4.27. The number of aliphatic hydroxyl groups is 1. The fourth-order valence-corrected chi connectivity index (χ4v) is 1.69. The molecule has 0 aliphatic rings. The SMILES string of the molecule is CCCCC(O)(C(C)C)S(=O)[O-]. The molecule has 0 aliphatic carbocycles. The molecule has 0 aliphatic heterocycles. The highest BCUT2D eigenvalue weighted by atomic mass is 32.2. The Kier molecular flexibility index (Phi) is 4.97. The fourth-order valence-electron chi connectivity index (χ4n) is 0.995. The van der Waals surface area contributed by atoms with Crippen molar-refractivity contribution in [3.8, 4) is 0 Å². The summed E-state index contributed by atoms with van der Waals surface area (Å²) in [6.45, 7) is 5.39. The Labute approximate surface area is 76.5 Å². The van der Waals surface area contributed by atoms with Crippen LogP contribution in [0.1, 0.15) is 40.0 Å². The van der Waals surface area contributed by atoms with Crippen LogP contribution in [0.3, 0.4) is 0 Å². The molecule has 0 saturated carbocycles. The minimum atomic E-state index is -2.39. The van der Waals surface area contributed by atoms with Crippen LogP contribution in [0.25, 0.3) is 0 Å². The summed E-state index contributed by atoms with van der Waals surface area (Å²) in [4.78, 5) is -1.53. The van der Waals surface area contributed by atoms with E-state index in [0.717, 1.165) is 12.8 Å². The number of rotatable bonds is 5. The molecule has 12 heavy (non-hydrogen) atoms. The minimum absolute atomic E-state index is 0.248. The van der Waals surface area contributed by atoms with Gasteiger partial charge < -0.3 is 9.66 Å². The van der Waals surface area contributed by atoms with E-state index in [0.29, 0.717) is 6.42 Å². The maximum atomic E-state index is 10.7. The van der Waals surface area contributed by atoms with Crippen molar-refractivity contribution in [1.82, 2.24) is 0 Å². The molecular formula is C8H17O3S-. The van der Waals surface area contributed by atoms with E-state index in [1.54, 1.807) is 13.8 Å². The molecule has 0 bridgehead atoms. The molecule has 0 rings (SSSR count). The average Bonchev–Trinajstić information content (AvgIpc) is 1.99. The van der Waals surface area contributed by atoms with E-state index in [2.05, 4.69) is 0 Å². The fraction of sp³-hybridized carbons (Fsp3) is 1.00. The highest BCUT2D eigenvalue weighted by Gasteiger charge is 2.31.